The fourth-order valence-corrected chi connectivity index (χ4v) is 6.42. The average molecular weight is 468 g/mol. The molecule has 0 fully saturated rings. The molecule has 9 heteroatoms. The number of hydrogen-bond donors (Lipinski definition) is 1. The molecule has 166 valence electrons. The van der Waals surface area contributed by atoms with E-state index in [1.54, 1.807) is 18.4 Å². The van der Waals surface area contributed by atoms with Crippen LogP contribution in [-0.2, 0) is 24.1 Å². The normalized spacial score (nSPS) is 15.8. The van der Waals surface area contributed by atoms with E-state index in [1.165, 1.54) is 28.6 Å². The van der Waals surface area contributed by atoms with Gasteiger partial charge in [0.2, 0.25) is 5.91 Å². The standard InChI is InChI=1S/C23H25N5O2S2/c1-4-18-25-22-20(14-10-9-13(2)11-17(14)32-22)21-26-27-23(28(18)21)31-12-19(29)24-15-7-5-6-8-16(15)30-3/h5-8,13H,4,9-12H2,1-3H3,(H,24,29)/t13-/m1/s1. The number of rotatable bonds is 6. The van der Waals surface area contributed by atoms with Crippen LogP contribution in [0.1, 0.15) is 36.5 Å². The van der Waals surface area contributed by atoms with Crippen LogP contribution in [0, 0.1) is 5.92 Å². The van der Waals surface area contributed by atoms with Gasteiger partial charge in [0.05, 0.1) is 23.9 Å². The lowest BCUT2D eigenvalue weighted by atomic mass is 9.89. The van der Waals surface area contributed by atoms with Gasteiger partial charge in [0.15, 0.2) is 10.8 Å². The summed E-state index contributed by atoms with van der Waals surface area (Å²) < 4.78 is 7.35. The van der Waals surface area contributed by atoms with Crippen LogP contribution in [-0.4, -0.2) is 38.4 Å². The molecule has 1 aliphatic rings. The number of aromatic nitrogens is 4. The van der Waals surface area contributed by atoms with Crippen molar-refractivity contribution in [1.82, 2.24) is 19.6 Å². The zero-order chi connectivity index (χ0) is 22.2. The highest BCUT2D eigenvalue weighted by Crippen LogP contribution is 2.39. The summed E-state index contributed by atoms with van der Waals surface area (Å²) in [6, 6.07) is 7.38. The Hall–Kier alpha value is -2.65. The number of nitrogens with zero attached hydrogens (tertiary/aromatic N) is 4. The summed E-state index contributed by atoms with van der Waals surface area (Å²) in [5.74, 6) is 2.37. The summed E-state index contributed by atoms with van der Waals surface area (Å²) in [6.07, 6.45) is 4.14. The molecule has 1 N–H and O–H groups in total. The fourth-order valence-electron chi connectivity index (χ4n) is 4.27. The van der Waals surface area contributed by atoms with Gasteiger partial charge in [-0.25, -0.2) is 4.98 Å². The molecule has 0 spiro atoms. The second-order valence-corrected chi connectivity index (χ2v) is 10.1. The van der Waals surface area contributed by atoms with E-state index in [0.29, 0.717) is 22.5 Å². The summed E-state index contributed by atoms with van der Waals surface area (Å²) in [7, 11) is 1.59. The molecule has 5 rings (SSSR count). The molecule has 1 amide bonds. The van der Waals surface area contributed by atoms with Crippen molar-refractivity contribution in [1.29, 1.82) is 0 Å². The topological polar surface area (TPSA) is 81.4 Å². The number of anilines is 1. The molecule has 32 heavy (non-hydrogen) atoms. The van der Waals surface area contributed by atoms with Crippen LogP contribution in [0.3, 0.4) is 0 Å². The Kier molecular flexibility index (Phi) is 5.77. The van der Waals surface area contributed by atoms with E-state index in [-0.39, 0.29) is 11.7 Å². The van der Waals surface area contributed by atoms with E-state index in [9.17, 15) is 4.79 Å². The Morgan fingerprint density at radius 2 is 2.19 bits per heavy atom. The van der Waals surface area contributed by atoms with Gasteiger partial charge in [-0.15, -0.1) is 21.5 Å². The van der Waals surface area contributed by atoms with Gasteiger partial charge < -0.3 is 10.1 Å². The third kappa shape index (κ3) is 3.73. The Morgan fingerprint density at radius 1 is 1.34 bits per heavy atom. The minimum atomic E-state index is -0.120. The number of hydrogen-bond acceptors (Lipinski definition) is 7. The fraction of sp³-hybridized carbons (Fsp3) is 0.391. The van der Waals surface area contributed by atoms with Crippen LogP contribution >= 0.6 is 23.1 Å². The van der Waals surface area contributed by atoms with Crippen molar-refractivity contribution in [2.24, 2.45) is 5.92 Å². The van der Waals surface area contributed by atoms with E-state index in [1.807, 2.05) is 28.7 Å². The third-order valence-electron chi connectivity index (χ3n) is 5.87. The maximum absolute atomic E-state index is 12.6. The molecule has 1 atom stereocenters. The number of thiophene rings is 1. The highest BCUT2D eigenvalue weighted by Gasteiger charge is 2.25. The largest absolute Gasteiger partial charge is 0.495 e. The van der Waals surface area contributed by atoms with Crippen molar-refractivity contribution in [2.45, 2.75) is 44.7 Å². The predicted octanol–water partition coefficient (Wildman–Crippen LogP) is 4.77. The van der Waals surface area contributed by atoms with Crippen molar-refractivity contribution in [3.8, 4) is 5.75 Å². The maximum atomic E-state index is 12.6. The van der Waals surface area contributed by atoms with Gasteiger partial charge >= 0.3 is 0 Å². The molecule has 0 bridgehead atoms. The van der Waals surface area contributed by atoms with Crippen LogP contribution in [0.4, 0.5) is 5.69 Å². The molecule has 4 aromatic rings. The summed E-state index contributed by atoms with van der Waals surface area (Å²) in [4.78, 5) is 20.1. The molecule has 3 heterocycles. The number of para-hydroxylation sites is 2. The summed E-state index contributed by atoms with van der Waals surface area (Å²) in [5.41, 5.74) is 2.91. The SMILES string of the molecule is CCc1nc2sc3c(c2c2nnc(SCC(=O)Nc4ccccc4OC)n12)CC[C@@H](C)C3. The second kappa shape index (κ2) is 8.71. The van der Waals surface area contributed by atoms with Gasteiger partial charge in [0.1, 0.15) is 16.4 Å². The minimum Gasteiger partial charge on any atom is -0.495 e. The molecule has 0 radical (unpaired) electrons. The van der Waals surface area contributed by atoms with Crippen LogP contribution in [0.15, 0.2) is 29.4 Å². The smallest absolute Gasteiger partial charge is 0.234 e. The number of nitrogens with one attached hydrogen (secondary N) is 1. The average Bonchev–Trinajstić information content (AvgIpc) is 3.38. The molecule has 0 saturated carbocycles. The van der Waals surface area contributed by atoms with Crippen molar-refractivity contribution in [3.05, 3.63) is 40.5 Å². The molecule has 0 unspecified atom stereocenters. The lowest BCUT2D eigenvalue weighted by Crippen LogP contribution is -2.15. The van der Waals surface area contributed by atoms with Crippen molar-refractivity contribution >= 4 is 50.6 Å². The molecule has 3 aromatic heterocycles. The predicted molar refractivity (Wildman–Crippen MR) is 129 cm³/mol. The van der Waals surface area contributed by atoms with Crippen LogP contribution < -0.4 is 10.1 Å². The van der Waals surface area contributed by atoms with Crippen molar-refractivity contribution < 1.29 is 9.53 Å². The first-order chi connectivity index (χ1) is 15.6. The molecule has 1 aliphatic carbocycles. The zero-order valence-corrected chi connectivity index (χ0v) is 20.0. The summed E-state index contributed by atoms with van der Waals surface area (Å²) in [6.45, 7) is 4.40. The first-order valence-corrected chi connectivity index (χ1v) is 12.6. The molecular formula is C23H25N5O2S2. The first kappa shape index (κ1) is 21.2. The van der Waals surface area contributed by atoms with Gasteiger partial charge in [-0.05, 0) is 42.9 Å². The number of fused-ring (bicyclic) bond motifs is 5. The van der Waals surface area contributed by atoms with Gasteiger partial charge in [-0.2, -0.15) is 0 Å². The Balaban J connectivity index is 1.45. The highest BCUT2D eigenvalue weighted by molar-refractivity contribution is 7.99. The van der Waals surface area contributed by atoms with Crippen LogP contribution in [0.25, 0.3) is 15.9 Å². The second-order valence-electron chi connectivity index (χ2n) is 8.09. The van der Waals surface area contributed by atoms with E-state index in [2.05, 4.69) is 29.4 Å². The van der Waals surface area contributed by atoms with E-state index >= 15 is 0 Å². The van der Waals surface area contributed by atoms with Gasteiger partial charge in [-0.3, -0.25) is 9.20 Å². The van der Waals surface area contributed by atoms with Gasteiger partial charge in [-0.1, -0.05) is 37.7 Å². The number of thioether (sulfide) groups is 1. The summed E-state index contributed by atoms with van der Waals surface area (Å²) >= 11 is 3.18. The third-order valence-corrected chi connectivity index (χ3v) is 7.95. The number of ether oxygens (including phenoxy) is 1. The number of methoxy groups -OCH3 is 1. The molecule has 1 aromatic carbocycles. The summed E-state index contributed by atoms with van der Waals surface area (Å²) in [5, 5.41) is 13.8. The van der Waals surface area contributed by atoms with Gasteiger partial charge in [0, 0.05) is 11.3 Å². The number of aryl methyl sites for hydroxylation is 2. The Labute approximate surface area is 194 Å². The number of amides is 1. The van der Waals surface area contributed by atoms with Crippen molar-refractivity contribution in [2.75, 3.05) is 18.2 Å². The maximum Gasteiger partial charge on any atom is 0.234 e. The van der Waals surface area contributed by atoms with Gasteiger partial charge in [0.25, 0.3) is 0 Å². The van der Waals surface area contributed by atoms with Crippen LogP contribution in [0.2, 0.25) is 0 Å². The first-order valence-electron chi connectivity index (χ1n) is 10.8. The number of benzene rings is 1. The Bertz CT molecular complexity index is 1310. The number of carbonyl (C=O) groups is 1. The molecule has 0 aliphatic heterocycles. The highest BCUT2D eigenvalue weighted by atomic mass is 32.2. The Morgan fingerprint density at radius 3 is 3.00 bits per heavy atom. The van der Waals surface area contributed by atoms with E-state index < -0.39 is 0 Å². The minimum absolute atomic E-state index is 0.120. The van der Waals surface area contributed by atoms with E-state index in [0.717, 1.165) is 41.0 Å². The lowest BCUT2D eigenvalue weighted by molar-refractivity contribution is -0.113. The zero-order valence-electron chi connectivity index (χ0n) is 18.3. The molecule has 7 nitrogen and oxygen atoms in total. The number of carbonyl (C=O) groups excluding carboxylic acids is 1. The van der Waals surface area contributed by atoms with E-state index in [4.69, 9.17) is 9.72 Å². The monoisotopic (exact) mass is 467 g/mol. The van der Waals surface area contributed by atoms with Crippen LogP contribution in [0.5, 0.6) is 5.75 Å². The quantitative estimate of drug-likeness (QED) is 0.412. The molecular weight excluding hydrogens is 442 g/mol. The molecule has 0 saturated heterocycles. The lowest BCUT2D eigenvalue weighted by Gasteiger charge is -2.17. The van der Waals surface area contributed by atoms with Crippen molar-refractivity contribution in [3.63, 3.8) is 0 Å².